The molecule has 4 heterocycles. The van der Waals surface area contributed by atoms with Crippen LogP contribution in [0.25, 0.3) is 10.7 Å². The Balaban J connectivity index is 1.23. The van der Waals surface area contributed by atoms with E-state index in [2.05, 4.69) is 31.5 Å². The molecule has 0 saturated carbocycles. The van der Waals surface area contributed by atoms with Gasteiger partial charge in [-0.1, -0.05) is 24.3 Å². The van der Waals surface area contributed by atoms with Gasteiger partial charge in [0.05, 0.1) is 17.0 Å². The second kappa shape index (κ2) is 7.48. The van der Waals surface area contributed by atoms with Gasteiger partial charge in [-0.05, 0) is 41.6 Å². The number of fused-ring (bicyclic) bond motifs is 1. The van der Waals surface area contributed by atoms with Crippen LogP contribution < -0.4 is 10.2 Å². The molecule has 8 heteroatoms. The largest absolute Gasteiger partial charge is 0.363 e. The number of rotatable bonds is 5. The number of H-pyrrole nitrogens is 1. The molecule has 1 aliphatic heterocycles. The average Bonchev–Trinajstić information content (AvgIpc) is 3.52. The van der Waals surface area contributed by atoms with Gasteiger partial charge in [0, 0.05) is 18.4 Å². The number of carbonyl (C=O) groups is 1. The number of thiophene rings is 1. The Morgan fingerprint density at radius 3 is 2.93 bits per heavy atom. The molecule has 5 rings (SSSR count). The summed E-state index contributed by atoms with van der Waals surface area (Å²) in [5.74, 6) is 2.07. The third kappa shape index (κ3) is 3.50. The zero-order chi connectivity index (χ0) is 19.6. The average molecular weight is 402 g/mol. The Bertz CT molecular complexity index is 1140. The zero-order valence-corrected chi connectivity index (χ0v) is 16.3. The quantitative estimate of drug-likeness (QED) is 0.531. The molecule has 1 aromatic carbocycles. The third-order valence-electron chi connectivity index (χ3n) is 4.85. The van der Waals surface area contributed by atoms with E-state index in [9.17, 15) is 4.79 Å². The number of nitrogens with one attached hydrogen (secondary N) is 2. The lowest BCUT2D eigenvalue weighted by atomic mass is 10.2. The molecule has 2 N–H and O–H groups in total. The number of amides is 1. The first-order valence-electron chi connectivity index (χ1n) is 9.33. The first-order chi connectivity index (χ1) is 14.3. The number of hydrogen-bond acceptors (Lipinski definition) is 6. The summed E-state index contributed by atoms with van der Waals surface area (Å²) in [5.41, 5.74) is 2.78. The predicted octanol–water partition coefficient (Wildman–Crippen LogP) is 3.74. The first kappa shape index (κ1) is 17.6. The van der Waals surface area contributed by atoms with Crippen molar-refractivity contribution < 1.29 is 4.79 Å². The smallest absolute Gasteiger partial charge is 0.259 e. The molecule has 4 aromatic rings. The van der Waals surface area contributed by atoms with Crippen molar-refractivity contribution >= 4 is 28.7 Å². The van der Waals surface area contributed by atoms with Gasteiger partial charge < -0.3 is 10.2 Å². The molecule has 29 heavy (non-hydrogen) atoms. The predicted molar refractivity (Wildman–Crippen MR) is 113 cm³/mol. The van der Waals surface area contributed by atoms with Gasteiger partial charge in [-0.15, -0.1) is 11.3 Å². The van der Waals surface area contributed by atoms with Gasteiger partial charge in [-0.3, -0.25) is 9.89 Å². The van der Waals surface area contributed by atoms with Crippen molar-refractivity contribution in [1.82, 2.24) is 20.2 Å². The lowest BCUT2D eigenvalue weighted by Gasteiger charge is -2.17. The molecule has 0 saturated heterocycles. The summed E-state index contributed by atoms with van der Waals surface area (Å²) < 4.78 is 0. The van der Waals surface area contributed by atoms with Crippen molar-refractivity contribution in [2.24, 2.45) is 0 Å². The van der Waals surface area contributed by atoms with Crippen molar-refractivity contribution in [2.45, 2.75) is 13.0 Å². The van der Waals surface area contributed by atoms with Crippen molar-refractivity contribution in [2.75, 3.05) is 16.8 Å². The molecule has 0 atom stereocenters. The van der Waals surface area contributed by atoms with Crippen LogP contribution in [-0.2, 0) is 13.0 Å². The van der Waals surface area contributed by atoms with Gasteiger partial charge in [0.1, 0.15) is 11.6 Å². The molecule has 1 amide bonds. The summed E-state index contributed by atoms with van der Waals surface area (Å²) in [6.07, 6.45) is 2.50. The van der Waals surface area contributed by atoms with E-state index in [1.54, 1.807) is 23.6 Å². The van der Waals surface area contributed by atoms with Gasteiger partial charge in [0.15, 0.2) is 5.82 Å². The van der Waals surface area contributed by atoms with Crippen LogP contribution >= 0.6 is 11.3 Å². The number of anilines is 2. The van der Waals surface area contributed by atoms with E-state index in [-0.39, 0.29) is 5.91 Å². The maximum Gasteiger partial charge on any atom is 0.259 e. The SMILES string of the molecule is O=C(c1ccc(NCc2nc(-c3cccs3)n[nH]2)nc1)N1CCc2ccccc21. The number of benzene rings is 1. The van der Waals surface area contributed by atoms with E-state index >= 15 is 0 Å². The number of hydrogen-bond donors (Lipinski definition) is 2. The summed E-state index contributed by atoms with van der Waals surface area (Å²) in [7, 11) is 0. The van der Waals surface area contributed by atoms with E-state index in [0.717, 1.165) is 22.8 Å². The van der Waals surface area contributed by atoms with Crippen molar-refractivity contribution in [3.63, 3.8) is 0 Å². The van der Waals surface area contributed by atoms with E-state index in [0.29, 0.717) is 30.3 Å². The number of aromatic nitrogens is 4. The maximum atomic E-state index is 12.9. The fourth-order valence-electron chi connectivity index (χ4n) is 3.39. The number of pyridine rings is 1. The molecule has 0 spiro atoms. The van der Waals surface area contributed by atoms with E-state index in [4.69, 9.17) is 0 Å². The molecule has 1 aliphatic rings. The van der Waals surface area contributed by atoms with Crippen molar-refractivity contribution in [1.29, 1.82) is 0 Å². The highest BCUT2D eigenvalue weighted by Crippen LogP contribution is 2.28. The Morgan fingerprint density at radius 2 is 2.10 bits per heavy atom. The highest BCUT2D eigenvalue weighted by Gasteiger charge is 2.25. The van der Waals surface area contributed by atoms with Crippen LogP contribution in [-0.4, -0.2) is 32.6 Å². The number of carbonyl (C=O) groups excluding carboxylic acids is 1. The monoisotopic (exact) mass is 402 g/mol. The molecular weight excluding hydrogens is 384 g/mol. The summed E-state index contributed by atoms with van der Waals surface area (Å²) in [5, 5.41) is 12.4. The van der Waals surface area contributed by atoms with E-state index in [1.807, 2.05) is 46.7 Å². The highest BCUT2D eigenvalue weighted by atomic mass is 32.1. The molecule has 0 unspecified atom stereocenters. The number of para-hydroxylation sites is 1. The molecule has 144 valence electrons. The standard InChI is InChI=1S/C21H18N6OS/c28-21(27-10-9-14-4-1-2-5-16(14)27)15-7-8-18(22-12-15)23-13-19-24-20(26-25-19)17-6-3-11-29-17/h1-8,11-12H,9-10,13H2,(H,22,23)(H,24,25,26). The normalized spacial score (nSPS) is 12.8. The van der Waals surface area contributed by atoms with Crippen LogP contribution in [0.3, 0.4) is 0 Å². The molecule has 7 nitrogen and oxygen atoms in total. The number of aromatic amines is 1. The van der Waals surface area contributed by atoms with Crippen LogP contribution in [0, 0.1) is 0 Å². The highest BCUT2D eigenvalue weighted by molar-refractivity contribution is 7.13. The van der Waals surface area contributed by atoms with Crippen LogP contribution in [0.5, 0.6) is 0 Å². The lowest BCUT2D eigenvalue weighted by molar-refractivity contribution is 0.0989. The van der Waals surface area contributed by atoms with Gasteiger partial charge in [-0.2, -0.15) is 5.10 Å². The summed E-state index contributed by atoms with van der Waals surface area (Å²) in [4.78, 5) is 24.6. The second-order valence-electron chi connectivity index (χ2n) is 6.70. The third-order valence-corrected chi connectivity index (χ3v) is 5.72. The van der Waals surface area contributed by atoms with Crippen molar-refractivity contribution in [3.05, 3.63) is 77.1 Å². The molecule has 0 aliphatic carbocycles. The molecular formula is C21H18N6OS. The van der Waals surface area contributed by atoms with Gasteiger partial charge in [-0.25, -0.2) is 9.97 Å². The lowest BCUT2D eigenvalue weighted by Crippen LogP contribution is -2.28. The van der Waals surface area contributed by atoms with Crippen LogP contribution in [0.1, 0.15) is 21.7 Å². The first-order valence-corrected chi connectivity index (χ1v) is 10.2. The van der Waals surface area contributed by atoms with E-state index in [1.165, 1.54) is 5.56 Å². The topological polar surface area (TPSA) is 86.8 Å². The van der Waals surface area contributed by atoms with E-state index < -0.39 is 0 Å². The minimum atomic E-state index is -0.0233. The van der Waals surface area contributed by atoms with Crippen LogP contribution in [0.4, 0.5) is 11.5 Å². The fourth-order valence-corrected chi connectivity index (χ4v) is 4.05. The van der Waals surface area contributed by atoms with Gasteiger partial charge >= 0.3 is 0 Å². The summed E-state index contributed by atoms with van der Waals surface area (Å²) in [6.45, 7) is 1.18. The van der Waals surface area contributed by atoms with Crippen LogP contribution in [0.15, 0.2) is 60.1 Å². The summed E-state index contributed by atoms with van der Waals surface area (Å²) in [6, 6.07) is 15.6. The summed E-state index contributed by atoms with van der Waals surface area (Å²) >= 11 is 1.60. The molecule has 3 aromatic heterocycles. The Labute approximate surface area is 171 Å². The Morgan fingerprint density at radius 1 is 1.17 bits per heavy atom. The zero-order valence-electron chi connectivity index (χ0n) is 15.5. The van der Waals surface area contributed by atoms with Gasteiger partial charge in [0.2, 0.25) is 0 Å². The number of nitrogens with zero attached hydrogens (tertiary/aromatic N) is 4. The fraction of sp³-hybridized carbons (Fsp3) is 0.143. The molecule has 0 fully saturated rings. The Kier molecular flexibility index (Phi) is 4.53. The second-order valence-corrected chi connectivity index (χ2v) is 7.65. The Hall–Kier alpha value is -3.52. The molecule has 0 radical (unpaired) electrons. The minimum absolute atomic E-state index is 0.0233. The van der Waals surface area contributed by atoms with Gasteiger partial charge in [0.25, 0.3) is 5.91 Å². The van der Waals surface area contributed by atoms with Crippen molar-refractivity contribution in [3.8, 4) is 10.7 Å². The molecule has 0 bridgehead atoms. The maximum absolute atomic E-state index is 12.9. The van der Waals surface area contributed by atoms with Crippen LogP contribution in [0.2, 0.25) is 0 Å². The minimum Gasteiger partial charge on any atom is -0.363 e.